The van der Waals surface area contributed by atoms with Crippen LogP contribution in [0.25, 0.3) is 16.2 Å². The maximum Gasteiger partial charge on any atom is 0.271 e. The lowest BCUT2D eigenvalue weighted by Crippen LogP contribution is -2.32. The lowest BCUT2D eigenvalue weighted by atomic mass is 9.92. The van der Waals surface area contributed by atoms with Crippen molar-refractivity contribution in [1.29, 1.82) is 0 Å². The average Bonchev–Trinajstić information content (AvgIpc) is 3.27. The molecule has 1 fully saturated rings. The van der Waals surface area contributed by atoms with Crippen LogP contribution in [0.2, 0.25) is 0 Å². The Balaban J connectivity index is 1.36. The highest BCUT2D eigenvalue weighted by atomic mass is 32.1. The standard InChI is InChI=1S/C24H23N3OS/c28-23(26-14-7-12-19(13-15-26)18-8-3-1-4-9-18)22-17-29-24-25-21(16-27(22)24)20-10-5-2-6-11-20/h1-6,8-11,16-17,19H,7,12-15H2. The van der Waals surface area contributed by atoms with Gasteiger partial charge in [-0.2, -0.15) is 0 Å². The molecule has 3 heterocycles. The Bertz CT molecular complexity index is 1120. The number of thiazole rings is 1. The van der Waals surface area contributed by atoms with Gasteiger partial charge in [-0.25, -0.2) is 4.98 Å². The molecule has 4 aromatic rings. The van der Waals surface area contributed by atoms with Crippen LogP contribution in [0, 0.1) is 0 Å². The van der Waals surface area contributed by atoms with Crippen molar-refractivity contribution in [3.8, 4) is 11.3 Å². The zero-order valence-electron chi connectivity index (χ0n) is 16.2. The van der Waals surface area contributed by atoms with E-state index in [1.807, 2.05) is 51.2 Å². The zero-order chi connectivity index (χ0) is 19.6. The summed E-state index contributed by atoms with van der Waals surface area (Å²) in [5.41, 5.74) is 4.09. The van der Waals surface area contributed by atoms with Crippen molar-refractivity contribution in [1.82, 2.24) is 14.3 Å². The van der Waals surface area contributed by atoms with Crippen LogP contribution in [0.1, 0.15) is 41.2 Å². The SMILES string of the molecule is O=C(c1csc2nc(-c3ccccc3)cn12)N1CCCC(c2ccccc2)CC1. The van der Waals surface area contributed by atoms with Gasteiger partial charge in [-0.15, -0.1) is 11.3 Å². The summed E-state index contributed by atoms with van der Waals surface area (Å²) in [6.45, 7) is 1.62. The van der Waals surface area contributed by atoms with Gasteiger partial charge in [-0.1, -0.05) is 60.7 Å². The first-order valence-electron chi connectivity index (χ1n) is 10.2. The summed E-state index contributed by atoms with van der Waals surface area (Å²) in [6, 6.07) is 20.8. The van der Waals surface area contributed by atoms with Crippen LogP contribution in [-0.2, 0) is 0 Å². The number of amides is 1. The molecule has 2 aromatic heterocycles. The van der Waals surface area contributed by atoms with Crippen LogP contribution in [0.4, 0.5) is 0 Å². The predicted octanol–water partition coefficient (Wildman–Crippen LogP) is 5.47. The van der Waals surface area contributed by atoms with Crippen molar-refractivity contribution in [2.75, 3.05) is 13.1 Å². The van der Waals surface area contributed by atoms with Crippen LogP contribution < -0.4 is 0 Å². The molecule has 146 valence electrons. The van der Waals surface area contributed by atoms with Gasteiger partial charge in [0.1, 0.15) is 5.69 Å². The normalized spacial score (nSPS) is 17.4. The molecule has 5 rings (SSSR count). The van der Waals surface area contributed by atoms with Crippen molar-refractivity contribution in [2.24, 2.45) is 0 Å². The summed E-state index contributed by atoms with van der Waals surface area (Å²) < 4.78 is 1.95. The second-order valence-corrected chi connectivity index (χ2v) is 8.43. The monoisotopic (exact) mass is 401 g/mol. The molecule has 1 aliphatic heterocycles. The fraction of sp³-hybridized carbons (Fsp3) is 0.250. The molecule has 0 N–H and O–H groups in total. The molecule has 1 unspecified atom stereocenters. The maximum absolute atomic E-state index is 13.3. The number of rotatable bonds is 3. The number of imidazole rings is 1. The molecule has 0 radical (unpaired) electrons. The van der Waals surface area contributed by atoms with Crippen LogP contribution in [0.3, 0.4) is 0 Å². The van der Waals surface area contributed by atoms with E-state index in [-0.39, 0.29) is 5.91 Å². The van der Waals surface area contributed by atoms with Gasteiger partial charge in [0.25, 0.3) is 5.91 Å². The fourth-order valence-corrected chi connectivity index (χ4v) is 5.05. The van der Waals surface area contributed by atoms with E-state index < -0.39 is 0 Å². The number of benzene rings is 2. The van der Waals surface area contributed by atoms with Crippen molar-refractivity contribution < 1.29 is 4.79 Å². The molecule has 29 heavy (non-hydrogen) atoms. The summed E-state index contributed by atoms with van der Waals surface area (Å²) in [5.74, 6) is 0.649. The summed E-state index contributed by atoms with van der Waals surface area (Å²) in [7, 11) is 0. The summed E-state index contributed by atoms with van der Waals surface area (Å²) in [6.07, 6.45) is 5.18. The van der Waals surface area contributed by atoms with Crippen LogP contribution in [-0.4, -0.2) is 33.3 Å². The first-order chi connectivity index (χ1) is 14.3. The Morgan fingerprint density at radius 2 is 1.72 bits per heavy atom. The molecule has 4 nitrogen and oxygen atoms in total. The maximum atomic E-state index is 13.3. The Hall–Kier alpha value is -2.92. The topological polar surface area (TPSA) is 37.6 Å². The minimum absolute atomic E-state index is 0.113. The van der Waals surface area contributed by atoms with Crippen molar-refractivity contribution in [3.05, 3.63) is 83.5 Å². The molecule has 1 saturated heterocycles. The van der Waals surface area contributed by atoms with Gasteiger partial charge in [0, 0.05) is 30.2 Å². The predicted molar refractivity (Wildman–Crippen MR) is 117 cm³/mol. The number of carbonyl (C=O) groups is 1. The van der Waals surface area contributed by atoms with Gasteiger partial charge < -0.3 is 4.90 Å². The number of likely N-dealkylation sites (tertiary alicyclic amines) is 1. The summed E-state index contributed by atoms with van der Waals surface area (Å²) in [4.78, 5) is 20.9. The van der Waals surface area contributed by atoms with Crippen molar-refractivity contribution in [3.63, 3.8) is 0 Å². The van der Waals surface area contributed by atoms with Crippen molar-refractivity contribution in [2.45, 2.75) is 25.2 Å². The van der Waals surface area contributed by atoms with E-state index in [1.165, 1.54) is 16.9 Å². The quantitative estimate of drug-likeness (QED) is 0.456. The van der Waals surface area contributed by atoms with E-state index in [0.717, 1.165) is 54.3 Å². The molecular weight excluding hydrogens is 378 g/mol. The van der Waals surface area contributed by atoms with Gasteiger partial charge in [0.05, 0.1) is 5.69 Å². The average molecular weight is 402 g/mol. The highest BCUT2D eigenvalue weighted by Gasteiger charge is 2.25. The molecule has 0 spiro atoms. The lowest BCUT2D eigenvalue weighted by Gasteiger charge is -2.20. The van der Waals surface area contributed by atoms with Crippen LogP contribution in [0.15, 0.2) is 72.2 Å². The Labute approximate surface area is 174 Å². The smallest absolute Gasteiger partial charge is 0.271 e. The van der Waals surface area contributed by atoms with E-state index in [2.05, 4.69) is 30.3 Å². The van der Waals surface area contributed by atoms with Gasteiger partial charge in [0.2, 0.25) is 0 Å². The first kappa shape index (κ1) is 18.1. The van der Waals surface area contributed by atoms with E-state index in [0.29, 0.717) is 5.92 Å². The Morgan fingerprint density at radius 1 is 0.966 bits per heavy atom. The molecule has 2 aromatic carbocycles. The minimum Gasteiger partial charge on any atom is -0.337 e. The highest BCUT2D eigenvalue weighted by Crippen LogP contribution is 2.29. The summed E-state index contributed by atoms with van der Waals surface area (Å²) in [5, 5.41) is 1.94. The molecule has 0 saturated carbocycles. The van der Waals surface area contributed by atoms with Crippen LogP contribution >= 0.6 is 11.3 Å². The largest absolute Gasteiger partial charge is 0.337 e. The Kier molecular flexibility index (Phi) is 4.90. The third-order valence-electron chi connectivity index (χ3n) is 5.78. The number of fused-ring (bicyclic) bond motifs is 1. The molecule has 0 aliphatic carbocycles. The van der Waals surface area contributed by atoms with Crippen molar-refractivity contribution >= 4 is 22.2 Å². The number of carbonyl (C=O) groups excluding carboxylic acids is 1. The molecule has 0 bridgehead atoms. The van der Waals surface area contributed by atoms with E-state index in [1.54, 1.807) is 0 Å². The van der Waals surface area contributed by atoms with E-state index >= 15 is 0 Å². The third kappa shape index (κ3) is 3.58. The second-order valence-electron chi connectivity index (χ2n) is 7.60. The zero-order valence-corrected chi connectivity index (χ0v) is 17.0. The number of aromatic nitrogens is 2. The van der Waals surface area contributed by atoms with Gasteiger partial charge in [0.15, 0.2) is 4.96 Å². The highest BCUT2D eigenvalue weighted by molar-refractivity contribution is 7.15. The molecule has 5 heteroatoms. The number of hydrogen-bond acceptors (Lipinski definition) is 3. The molecular formula is C24H23N3OS. The van der Waals surface area contributed by atoms with Gasteiger partial charge >= 0.3 is 0 Å². The first-order valence-corrected chi connectivity index (χ1v) is 11.0. The lowest BCUT2D eigenvalue weighted by molar-refractivity contribution is 0.0754. The number of hydrogen-bond donors (Lipinski definition) is 0. The van der Waals surface area contributed by atoms with Crippen LogP contribution in [0.5, 0.6) is 0 Å². The van der Waals surface area contributed by atoms with Gasteiger partial charge in [-0.05, 0) is 30.7 Å². The summed E-state index contributed by atoms with van der Waals surface area (Å²) >= 11 is 1.53. The van der Waals surface area contributed by atoms with Gasteiger partial charge in [-0.3, -0.25) is 9.20 Å². The molecule has 1 atom stereocenters. The number of nitrogens with zero attached hydrogens (tertiary/aromatic N) is 3. The van der Waals surface area contributed by atoms with E-state index in [9.17, 15) is 4.79 Å². The second kappa shape index (κ2) is 7.84. The molecule has 1 amide bonds. The third-order valence-corrected chi connectivity index (χ3v) is 6.62. The Morgan fingerprint density at radius 3 is 2.52 bits per heavy atom. The minimum atomic E-state index is 0.113. The fourth-order valence-electron chi connectivity index (χ4n) is 4.21. The molecule has 1 aliphatic rings. The van der Waals surface area contributed by atoms with E-state index in [4.69, 9.17) is 4.98 Å².